The van der Waals surface area contributed by atoms with Gasteiger partial charge in [-0.25, -0.2) is 0 Å². The van der Waals surface area contributed by atoms with Gasteiger partial charge >= 0.3 is 0 Å². The molecule has 2 nitrogen and oxygen atoms in total. The van der Waals surface area contributed by atoms with Crippen molar-refractivity contribution < 1.29 is 4.74 Å². The van der Waals surface area contributed by atoms with Gasteiger partial charge < -0.3 is 10.1 Å². The molecule has 0 saturated heterocycles. The van der Waals surface area contributed by atoms with E-state index in [0.717, 1.165) is 18.8 Å². The van der Waals surface area contributed by atoms with Gasteiger partial charge in [-0.15, -0.1) is 0 Å². The molecule has 18 heavy (non-hydrogen) atoms. The number of hydrogen-bond donors (Lipinski definition) is 1. The molecule has 0 bridgehead atoms. The first-order chi connectivity index (χ1) is 8.77. The number of halogens is 1. The Hall–Kier alpha value is -0.730. The summed E-state index contributed by atoms with van der Waals surface area (Å²) in [5.41, 5.74) is 1.21. The lowest BCUT2D eigenvalue weighted by Gasteiger charge is -2.08. The fourth-order valence-electron chi connectivity index (χ4n) is 1.84. The van der Waals surface area contributed by atoms with Crippen LogP contribution in [0.3, 0.4) is 0 Å². The SMILES string of the molecule is CCCCCCNCc1ccc(OCC)c(Cl)c1. The average molecular weight is 270 g/mol. The molecule has 1 N–H and O–H groups in total. The van der Waals surface area contributed by atoms with E-state index in [9.17, 15) is 0 Å². The van der Waals surface area contributed by atoms with Crippen molar-refractivity contribution in [1.29, 1.82) is 0 Å². The quantitative estimate of drug-likeness (QED) is 0.671. The molecule has 0 atom stereocenters. The summed E-state index contributed by atoms with van der Waals surface area (Å²) in [5.74, 6) is 0.769. The Labute approximate surface area is 116 Å². The van der Waals surface area contributed by atoms with E-state index in [-0.39, 0.29) is 0 Å². The standard InChI is InChI=1S/C15H24ClNO/c1-3-5-6-7-10-17-12-13-8-9-15(18-4-2)14(16)11-13/h8-9,11,17H,3-7,10,12H2,1-2H3. The predicted molar refractivity (Wildman–Crippen MR) is 78.5 cm³/mol. The smallest absolute Gasteiger partial charge is 0.137 e. The van der Waals surface area contributed by atoms with Gasteiger partial charge in [0.25, 0.3) is 0 Å². The first-order valence-electron chi connectivity index (χ1n) is 6.89. The highest BCUT2D eigenvalue weighted by Crippen LogP contribution is 2.25. The first-order valence-corrected chi connectivity index (χ1v) is 7.27. The number of ether oxygens (including phenoxy) is 1. The molecular weight excluding hydrogens is 246 g/mol. The first kappa shape index (κ1) is 15.3. The van der Waals surface area contributed by atoms with E-state index < -0.39 is 0 Å². The molecule has 0 heterocycles. The lowest BCUT2D eigenvalue weighted by atomic mass is 10.2. The van der Waals surface area contributed by atoms with Crippen LogP contribution in [-0.4, -0.2) is 13.2 Å². The van der Waals surface area contributed by atoms with Gasteiger partial charge in [0, 0.05) is 6.54 Å². The Balaban J connectivity index is 2.28. The summed E-state index contributed by atoms with van der Waals surface area (Å²) in [4.78, 5) is 0. The number of rotatable bonds is 9. The Morgan fingerprint density at radius 1 is 1.17 bits per heavy atom. The maximum Gasteiger partial charge on any atom is 0.137 e. The number of hydrogen-bond acceptors (Lipinski definition) is 2. The van der Waals surface area contributed by atoms with Crippen LogP contribution in [0.2, 0.25) is 5.02 Å². The van der Waals surface area contributed by atoms with Crippen LogP contribution in [-0.2, 0) is 6.54 Å². The van der Waals surface area contributed by atoms with Gasteiger partial charge in [-0.05, 0) is 37.6 Å². The maximum absolute atomic E-state index is 6.14. The minimum atomic E-state index is 0.648. The third-order valence-electron chi connectivity index (χ3n) is 2.83. The largest absolute Gasteiger partial charge is 0.492 e. The Morgan fingerprint density at radius 2 is 2.00 bits per heavy atom. The van der Waals surface area contributed by atoms with Gasteiger partial charge in [0.05, 0.1) is 11.6 Å². The van der Waals surface area contributed by atoms with Crippen LogP contribution in [0.1, 0.15) is 45.1 Å². The molecule has 102 valence electrons. The van der Waals surface area contributed by atoms with E-state index in [1.807, 2.05) is 19.1 Å². The van der Waals surface area contributed by atoms with Crippen LogP contribution in [0.5, 0.6) is 5.75 Å². The minimum absolute atomic E-state index is 0.648. The highest BCUT2D eigenvalue weighted by molar-refractivity contribution is 6.32. The summed E-state index contributed by atoms with van der Waals surface area (Å²) in [6.45, 7) is 6.79. The van der Waals surface area contributed by atoms with Crippen molar-refractivity contribution in [2.24, 2.45) is 0 Å². The molecule has 1 rings (SSSR count). The van der Waals surface area contributed by atoms with Gasteiger partial charge in [-0.1, -0.05) is 43.9 Å². The molecular formula is C15H24ClNO. The van der Waals surface area contributed by atoms with E-state index >= 15 is 0 Å². The van der Waals surface area contributed by atoms with Gasteiger partial charge in [-0.2, -0.15) is 0 Å². The van der Waals surface area contributed by atoms with Crippen molar-refractivity contribution in [1.82, 2.24) is 5.32 Å². The molecule has 1 aromatic carbocycles. The van der Waals surface area contributed by atoms with Gasteiger partial charge in [0.2, 0.25) is 0 Å². The fraction of sp³-hybridized carbons (Fsp3) is 0.600. The fourth-order valence-corrected chi connectivity index (χ4v) is 2.09. The molecule has 0 aliphatic rings. The van der Waals surface area contributed by atoms with Crippen molar-refractivity contribution in [3.05, 3.63) is 28.8 Å². The molecule has 0 radical (unpaired) electrons. The second-order valence-electron chi connectivity index (χ2n) is 4.44. The summed E-state index contributed by atoms with van der Waals surface area (Å²) < 4.78 is 5.41. The number of unbranched alkanes of at least 4 members (excludes halogenated alkanes) is 3. The monoisotopic (exact) mass is 269 g/mol. The maximum atomic E-state index is 6.14. The predicted octanol–water partition coefficient (Wildman–Crippen LogP) is 4.41. The van der Waals surface area contributed by atoms with E-state index in [1.54, 1.807) is 0 Å². The third kappa shape index (κ3) is 5.74. The summed E-state index contributed by atoms with van der Waals surface area (Å²) in [6, 6.07) is 5.99. The molecule has 0 amide bonds. The zero-order chi connectivity index (χ0) is 13.2. The third-order valence-corrected chi connectivity index (χ3v) is 3.13. The van der Waals surface area contributed by atoms with E-state index in [4.69, 9.17) is 16.3 Å². The molecule has 0 aromatic heterocycles. The number of nitrogens with one attached hydrogen (secondary N) is 1. The van der Waals surface area contributed by atoms with Crippen molar-refractivity contribution >= 4 is 11.6 Å². The van der Waals surface area contributed by atoms with Gasteiger partial charge in [-0.3, -0.25) is 0 Å². The topological polar surface area (TPSA) is 21.3 Å². The van der Waals surface area contributed by atoms with Crippen LogP contribution in [0, 0.1) is 0 Å². The van der Waals surface area contributed by atoms with Gasteiger partial charge in [0.15, 0.2) is 0 Å². The highest BCUT2D eigenvalue weighted by atomic mass is 35.5. The summed E-state index contributed by atoms with van der Waals surface area (Å²) in [5, 5.41) is 4.14. The molecule has 0 aliphatic carbocycles. The molecule has 0 spiro atoms. The number of benzene rings is 1. The highest BCUT2D eigenvalue weighted by Gasteiger charge is 2.02. The zero-order valence-corrected chi connectivity index (χ0v) is 12.2. The van der Waals surface area contributed by atoms with Gasteiger partial charge in [0.1, 0.15) is 5.75 Å². The molecule has 0 saturated carbocycles. The Bertz CT molecular complexity index is 341. The summed E-state index contributed by atoms with van der Waals surface area (Å²) in [7, 11) is 0. The second-order valence-corrected chi connectivity index (χ2v) is 4.84. The summed E-state index contributed by atoms with van der Waals surface area (Å²) in [6.07, 6.45) is 5.18. The molecule has 0 unspecified atom stereocenters. The van der Waals surface area contributed by atoms with Crippen LogP contribution in [0.25, 0.3) is 0 Å². The summed E-state index contributed by atoms with van der Waals surface area (Å²) >= 11 is 6.14. The molecule has 0 aliphatic heterocycles. The molecule has 1 aromatic rings. The minimum Gasteiger partial charge on any atom is -0.492 e. The Kier molecular flexibility index (Phi) is 7.86. The van der Waals surface area contributed by atoms with E-state index in [0.29, 0.717) is 11.6 Å². The van der Waals surface area contributed by atoms with Crippen molar-refractivity contribution in [2.45, 2.75) is 46.1 Å². The van der Waals surface area contributed by atoms with E-state index in [2.05, 4.69) is 18.3 Å². The van der Waals surface area contributed by atoms with Crippen LogP contribution in [0.4, 0.5) is 0 Å². The zero-order valence-electron chi connectivity index (χ0n) is 11.5. The van der Waals surface area contributed by atoms with Crippen molar-refractivity contribution in [3.63, 3.8) is 0 Å². The molecule has 3 heteroatoms. The average Bonchev–Trinajstić information content (AvgIpc) is 2.37. The van der Waals surface area contributed by atoms with E-state index in [1.165, 1.54) is 31.2 Å². The van der Waals surface area contributed by atoms with Crippen LogP contribution in [0.15, 0.2) is 18.2 Å². The normalized spacial score (nSPS) is 10.6. The van der Waals surface area contributed by atoms with Crippen molar-refractivity contribution in [3.8, 4) is 5.75 Å². The molecule has 0 fully saturated rings. The Morgan fingerprint density at radius 3 is 2.67 bits per heavy atom. The lowest BCUT2D eigenvalue weighted by molar-refractivity contribution is 0.340. The van der Waals surface area contributed by atoms with Crippen molar-refractivity contribution in [2.75, 3.05) is 13.2 Å². The van der Waals surface area contributed by atoms with Crippen LogP contribution >= 0.6 is 11.6 Å². The van der Waals surface area contributed by atoms with Crippen LogP contribution < -0.4 is 10.1 Å². The second kappa shape index (κ2) is 9.23. The lowest BCUT2D eigenvalue weighted by Crippen LogP contribution is -2.14.